The number of hydrogen-bond acceptors (Lipinski definition) is 3. The van der Waals surface area contributed by atoms with Crippen LogP contribution in [0.1, 0.15) is 5.56 Å². The zero-order chi connectivity index (χ0) is 15.9. The van der Waals surface area contributed by atoms with Gasteiger partial charge >= 0.3 is 0 Å². The molecule has 116 valence electrons. The summed E-state index contributed by atoms with van der Waals surface area (Å²) in [5.74, 6) is 2.55. The lowest BCUT2D eigenvalue weighted by molar-refractivity contribution is 0.410. The van der Waals surface area contributed by atoms with Gasteiger partial charge in [-0.25, -0.2) is 0 Å². The summed E-state index contributed by atoms with van der Waals surface area (Å²) >= 11 is 0. The van der Waals surface area contributed by atoms with Gasteiger partial charge in [0, 0.05) is 17.8 Å². The lowest BCUT2D eigenvalue weighted by Crippen LogP contribution is -2.01. The smallest absolute Gasteiger partial charge is 0.127 e. The highest BCUT2D eigenvalue weighted by Crippen LogP contribution is 2.23. The number of nitrogens with one attached hydrogen (secondary N) is 1. The maximum Gasteiger partial charge on any atom is 0.127 e. The van der Waals surface area contributed by atoms with Gasteiger partial charge < -0.3 is 14.8 Å². The minimum Gasteiger partial charge on any atom is -0.496 e. The van der Waals surface area contributed by atoms with Crippen LogP contribution in [0.25, 0.3) is 0 Å². The van der Waals surface area contributed by atoms with E-state index in [9.17, 15) is 0 Å². The molecule has 0 bridgehead atoms. The van der Waals surface area contributed by atoms with Crippen LogP contribution in [-0.2, 0) is 6.54 Å². The maximum absolute atomic E-state index is 5.78. The van der Waals surface area contributed by atoms with Crippen molar-refractivity contribution in [1.82, 2.24) is 0 Å². The molecule has 0 spiro atoms. The molecule has 0 saturated carbocycles. The van der Waals surface area contributed by atoms with E-state index in [2.05, 4.69) is 11.4 Å². The Bertz CT molecular complexity index is 739. The van der Waals surface area contributed by atoms with Gasteiger partial charge in [0.25, 0.3) is 0 Å². The van der Waals surface area contributed by atoms with E-state index in [0.717, 1.165) is 28.5 Å². The number of methoxy groups -OCH3 is 1. The van der Waals surface area contributed by atoms with Gasteiger partial charge in [-0.05, 0) is 42.5 Å². The van der Waals surface area contributed by atoms with Gasteiger partial charge in [0.2, 0.25) is 0 Å². The van der Waals surface area contributed by atoms with Gasteiger partial charge in [-0.15, -0.1) is 0 Å². The predicted octanol–water partition coefficient (Wildman–Crippen LogP) is 5.10. The van der Waals surface area contributed by atoms with Crippen LogP contribution in [0.15, 0.2) is 78.9 Å². The van der Waals surface area contributed by atoms with Crippen molar-refractivity contribution in [1.29, 1.82) is 0 Å². The number of benzene rings is 3. The highest BCUT2D eigenvalue weighted by atomic mass is 16.5. The minimum atomic E-state index is 0.711. The van der Waals surface area contributed by atoms with E-state index in [4.69, 9.17) is 9.47 Å². The van der Waals surface area contributed by atoms with E-state index in [0.29, 0.717) is 6.54 Å². The van der Waals surface area contributed by atoms with Gasteiger partial charge in [0.05, 0.1) is 7.11 Å². The summed E-state index contributed by atoms with van der Waals surface area (Å²) in [6.45, 7) is 0.711. The van der Waals surface area contributed by atoms with E-state index < -0.39 is 0 Å². The Kier molecular flexibility index (Phi) is 4.79. The molecule has 0 radical (unpaired) electrons. The van der Waals surface area contributed by atoms with Gasteiger partial charge in [-0.2, -0.15) is 0 Å². The Balaban J connectivity index is 1.61. The number of rotatable bonds is 6. The fraction of sp³-hybridized carbons (Fsp3) is 0.100. The second-order valence-corrected chi connectivity index (χ2v) is 5.10. The molecule has 0 aliphatic carbocycles. The largest absolute Gasteiger partial charge is 0.496 e. The Hall–Kier alpha value is -2.94. The molecule has 0 aliphatic heterocycles. The van der Waals surface area contributed by atoms with Crippen molar-refractivity contribution >= 4 is 5.69 Å². The molecule has 0 aliphatic rings. The molecule has 3 aromatic rings. The number of ether oxygens (including phenoxy) is 2. The van der Waals surface area contributed by atoms with Gasteiger partial charge in [0.1, 0.15) is 17.2 Å². The van der Waals surface area contributed by atoms with Crippen molar-refractivity contribution in [2.75, 3.05) is 12.4 Å². The first-order valence-corrected chi connectivity index (χ1v) is 7.54. The summed E-state index contributed by atoms with van der Waals surface area (Å²) in [7, 11) is 1.69. The number of anilines is 1. The summed E-state index contributed by atoms with van der Waals surface area (Å²) in [5, 5.41) is 3.39. The van der Waals surface area contributed by atoms with E-state index >= 15 is 0 Å². The van der Waals surface area contributed by atoms with Crippen molar-refractivity contribution in [3.05, 3.63) is 84.4 Å². The molecular formula is C20H19NO2. The third-order valence-electron chi connectivity index (χ3n) is 3.51. The fourth-order valence-electron chi connectivity index (χ4n) is 2.31. The molecule has 3 rings (SSSR count). The first-order valence-electron chi connectivity index (χ1n) is 7.54. The molecule has 0 unspecified atom stereocenters. The Labute approximate surface area is 136 Å². The normalized spacial score (nSPS) is 10.1. The molecule has 3 aromatic carbocycles. The molecule has 23 heavy (non-hydrogen) atoms. The van der Waals surface area contributed by atoms with Crippen molar-refractivity contribution in [2.45, 2.75) is 6.54 Å². The van der Waals surface area contributed by atoms with E-state index in [1.54, 1.807) is 7.11 Å². The van der Waals surface area contributed by atoms with Crippen LogP contribution in [0.5, 0.6) is 17.2 Å². The molecule has 3 nitrogen and oxygen atoms in total. The zero-order valence-corrected chi connectivity index (χ0v) is 13.0. The van der Waals surface area contributed by atoms with Crippen LogP contribution in [0.2, 0.25) is 0 Å². The molecule has 0 saturated heterocycles. The zero-order valence-electron chi connectivity index (χ0n) is 13.0. The van der Waals surface area contributed by atoms with Gasteiger partial charge in [-0.3, -0.25) is 0 Å². The fourth-order valence-corrected chi connectivity index (χ4v) is 2.31. The first-order chi connectivity index (χ1) is 11.3. The van der Waals surface area contributed by atoms with Crippen LogP contribution in [0.3, 0.4) is 0 Å². The molecule has 0 amide bonds. The summed E-state index contributed by atoms with van der Waals surface area (Å²) in [5.41, 5.74) is 2.16. The Morgan fingerprint density at radius 2 is 1.39 bits per heavy atom. The number of para-hydroxylation sites is 2. The molecule has 0 fully saturated rings. The molecular weight excluding hydrogens is 286 g/mol. The predicted molar refractivity (Wildman–Crippen MR) is 93.3 cm³/mol. The average molecular weight is 305 g/mol. The van der Waals surface area contributed by atoms with E-state index in [1.807, 2.05) is 72.8 Å². The average Bonchev–Trinajstić information content (AvgIpc) is 2.62. The lowest BCUT2D eigenvalue weighted by atomic mass is 10.2. The van der Waals surface area contributed by atoms with Gasteiger partial charge in [0.15, 0.2) is 0 Å². The third-order valence-corrected chi connectivity index (χ3v) is 3.51. The molecule has 0 atom stereocenters. The van der Waals surface area contributed by atoms with Crippen molar-refractivity contribution in [3.63, 3.8) is 0 Å². The Morgan fingerprint density at radius 3 is 2.13 bits per heavy atom. The third kappa shape index (κ3) is 4.04. The standard InChI is InChI=1S/C20H19NO2/c1-22-20-10-6-5-7-16(20)15-21-17-11-13-19(14-12-17)23-18-8-3-2-4-9-18/h2-14,21H,15H2,1H3. The van der Waals surface area contributed by atoms with Crippen LogP contribution < -0.4 is 14.8 Å². The highest BCUT2D eigenvalue weighted by Gasteiger charge is 2.02. The summed E-state index contributed by atoms with van der Waals surface area (Å²) in [6, 6.07) is 25.7. The topological polar surface area (TPSA) is 30.5 Å². The summed E-state index contributed by atoms with van der Waals surface area (Å²) in [4.78, 5) is 0. The van der Waals surface area contributed by atoms with E-state index in [1.165, 1.54) is 0 Å². The van der Waals surface area contributed by atoms with Crippen molar-refractivity contribution in [3.8, 4) is 17.2 Å². The van der Waals surface area contributed by atoms with Crippen LogP contribution in [0, 0.1) is 0 Å². The first kappa shape index (κ1) is 15.0. The minimum absolute atomic E-state index is 0.711. The van der Waals surface area contributed by atoms with Gasteiger partial charge in [-0.1, -0.05) is 36.4 Å². The second-order valence-electron chi connectivity index (χ2n) is 5.10. The van der Waals surface area contributed by atoms with Crippen LogP contribution in [-0.4, -0.2) is 7.11 Å². The number of hydrogen-bond donors (Lipinski definition) is 1. The molecule has 0 heterocycles. The summed E-state index contributed by atoms with van der Waals surface area (Å²) < 4.78 is 11.1. The van der Waals surface area contributed by atoms with Crippen LogP contribution >= 0.6 is 0 Å². The van der Waals surface area contributed by atoms with Crippen molar-refractivity contribution in [2.24, 2.45) is 0 Å². The quantitative estimate of drug-likeness (QED) is 0.687. The molecule has 0 aromatic heterocycles. The second kappa shape index (κ2) is 7.36. The van der Waals surface area contributed by atoms with E-state index in [-0.39, 0.29) is 0 Å². The SMILES string of the molecule is COc1ccccc1CNc1ccc(Oc2ccccc2)cc1. The molecule has 3 heteroatoms. The highest BCUT2D eigenvalue weighted by molar-refractivity contribution is 5.48. The monoisotopic (exact) mass is 305 g/mol. The lowest BCUT2D eigenvalue weighted by Gasteiger charge is -2.11. The summed E-state index contributed by atoms with van der Waals surface area (Å²) in [6.07, 6.45) is 0. The van der Waals surface area contributed by atoms with Crippen LogP contribution in [0.4, 0.5) is 5.69 Å². The van der Waals surface area contributed by atoms with Crippen molar-refractivity contribution < 1.29 is 9.47 Å². The maximum atomic E-state index is 5.78. The molecule has 1 N–H and O–H groups in total. The Morgan fingerprint density at radius 1 is 0.739 bits per heavy atom.